The van der Waals surface area contributed by atoms with Crippen LogP contribution in [-0.2, 0) is 14.2 Å². The average molecular weight is 230 g/mol. The SMILES string of the molecule is C=CCOCC(CO)(COC)COCC=C. The van der Waals surface area contributed by atoms with Crippen molar-refractivity contribution in [3.8, 4) is 0 Å². The van der Waals surface area contributed by atoms with Crippen molar-refractivity contribution in [3.05, 3.63) is 25.3 Å². The largest absolute Gasteiger partial charge is 0.396 e. The van der Waals surface area contributed by atoms with E-state index >= 15 is 0 Å². The van der Waals surface area contributed by atoms with Gasteiger partial charge >= 0.3 is 0 Å². The van der Waals surface area contributed by atoms with E-state index in [1.807, 2.05) is 0 Å². The number of aliphatic hydroxyl groups is 1. The molecule has 0 heterocycles. The van der Waals surface area contributed by atoms with Crippen molar-refractivity contribution in [2.24, 2.45) is 5.41 Å². The lowest BCUT2D eigenvalue weighted by Crippen LogP contribution is -2.40. The quantitative estimate of drug-likeness (QED) is 0.425. The molecule has 0 atom stereocenters. The summed E-state index contributed by atoms with van der Waals surface area (Å²) in [7, 11) is 1.59. The molecule has 0 aromatic carbocycles. The van der Waals surface area contributed by atoms with Gasteiger partial charge in [-0.3, -0.25) is 0 Å². The second kappa shape index (κ2) is 9.54. The smallest absolute Gasteiger partial charge is 0.0645 e. The Balaban J connectivity index is 4.18. The summed E-state index contributed by atoms with van der Waals surface area (Å²) in [5, 5.41) is 9.41. The van der Waals surface area contributed by atoms with E-state index in [0.29, 0.717) is 33.0 Å². The van der Waals surface area contributed by atoms with Gasteiger partial charge in [-0.15, -0.1) is 13.2 Å². The number of rotatable bonds is 11. The van der Waals surface area contributed by atoms with Gasteiger partial charge in [0.2, 0.25) is 0 Å². The third-order valence-electron chi connectivity index (χ3n) is 2.07. The van der Waals surface area contributed by atoms with Crippen molar-refractivity contribution < 1.29 is 19.3 Å². The van der Waals surface area contributed by atoms with E-state index < -0.39 is 5.41 Å². The van der Waals surface area contributed by atoms with Crippen LogP contribution < -0.4 is 0 Å². The van der Waals surface area contributed by atoms with Crippen LogP contribution >= 0.6 is 0 Å². The van der Waals surface area contributed by atoms with Crippen LogP contribution in [0.3, 0.4) is 0 Å². The zero-order valence-electron chi connectivity index (χ0n) is 9.98. The second-order valence-corrected chi connectivity index (χ2v) is 3.70. The molecule has 0 rings (SSSR count). The highest BCUT2D eigenvalue weighted by Gasteiger charge is 2.30. The van der Waals surface area contributed by atoms with Gasteiger partial charge < -0.3 is 19.3 Å². The van der Waals surface area contributed by atoms with E-state index in [-0.39, 0.29) is 6.61 Å². The molecule has 4 heteroatoms. The fourth-order valence-electron chi connectivity index (χ4n) is 1.29. The molecule has 0 amide bonds. The highest BCUT2D eigenvalue weighted by Crippen LogP contribution is 2.18. The Morgan fingerprint density at radius 3 is 1.88 bits per heavy atom. The Kier molecular flexibility index (Phi) is 9.13. The van der Waals surface area contributed by atoms with Crippen LogP contribution in [0.2, 0.25) is 0 Å². The van der Waals surface area contributed by atoms with Crippen molar-refractivity contribution in [1.82, 2.24) is 0 Å². The number of aliphatic hydroxyl groups excluding tert-OH is 1. The number of hydrogen-bond donors (Lipinski definition) is 1. The van der Waals surface area contributed by atoms with Crippen LogP contribution in [-0.4, -0.2) is 51.9 Å². The standard InChI is InChI=1S/C12H22O4/c1-4-6-15-10-12(8-13,9-14-3)11-16-7-5-2/h4-5,13H,1-2,6-11H2,3H3. The maximum absolute atomic E-state index is 9.41. The molecule has 0 aliphatic rings. The molecule has 0 bridgehead atoms. The van der Waals surface area contributed by atoms with Crippen molar-refractivity contribution in [2.45, 2.75) is 0 Å². The molecular weight excluding hydrogens is 208 g/mol. The number of methoxy groups -OCH3 is 1. The summed E-state index contributed by atoms with van der Waals surface area (Å²) in [5.41, 5.74) is -0.513. The Bertz CT molecular complexity index is 177. The fourth-order valence-corrected chi connectivity index (χ4v) is 1.29. The molecular formula is C12H22O4. The predicted octanol–water partition coefficient (Wildman–Crippen LogP) is 1.02. The normalized spacial score (nSPS) is 11.4. The van der Waals surface area contributed by atoms with Crippen LogP contribution in [0.5, 0.6) is 0 Å². The lowest BCUT2D eigenvalue weighted by Gasteiger charge is -2.30. The van der Waals surface area contributed by atoms with E-state index in [1.165, 1.54) is 0 Å². The van der Waals surface area contributed by atoms with Crippen LogP contribution in [0.25, 0.3) is 0 Å². The minimum atomic E-state index is -0.513. The third kappa shape index (κ3) is 6.02. The van der Waals surface area contributed by atoms with Crippen LogP contribution in [0.4, 0.5) is 0 Å². The second-order valence-electron chi connectivity index (χ2n) is 3.70. The summed E-state index contributed by atoms with van der Waals surface area (Å²) in [4.78, 5) is 0. The molecule has 0 aromatic rings. The molecule has 0 saturated heterocycles. The summed E-state index contributed by atoms with van der Waals surface area (Å²) < 4.78 is 15.8. The van der Waals surface area contributed by atoms with Crippen molar-refractivity contribution in [1.29, 1.82) is 0 Å². The summed E-state index contributed by atoms with van der Waals surface area (Å²) in [6.07, 6.45) is 3.33. The van der Waals surface area contributed by atoms with E-state index in [0.717, 1.165) is 0 Å². The number of ether oxygens (including phenoxy) is 3. The summed E-state index contributed by atoms with van der Waals surface area (Å²) >= 11 is 0. The van der Waals surface area contributed by atoms with Crippen LogP contribution in [0.15, 0.2) is 25.3 Å². The van der Waals surface area contributed by atoms with Crippen molar-refractivity contribution in [3.63, 3.8) is 0 Å². The van der Waals surface area contributed by atoms with Gasteiger partial charge in [0.15, 0.2) is 0 Å². The highest BCUT2D eigenvalue weighted by atomic mass is 16.5. The minimum Gasteiger partial charge on any atom is -0.396 e. The average Bonchev–Trinajstić information content (AvgIpc) is 2.29. The Hall–Kier alpha value is -0.680. The Morgan fingerprint density at radius 2 is 1.56 bits per heavy atom. The maximum atomic E-state index is 9.41. The first-order valence-corrected chi connectivity index (χ1v) is 5.22. The van der Waals surface area contributed by atoms with Gasteiger partial charge in [0.25, 0.3) is 0 Å². The highest BCUT2D eigenvalue weighted by molar-refractivity contribution is 4.80. The first kappa shape index (κ1) is 15.3. The lowest BCUT2D eigenvalue weighted by atomic mass is 9.92. The molecule has 0 saturated carbocycles. The molecule has 4 nitrogen and oxygen atoms in total. The molecule has 16 heavy (non-hydrogen) atoms. The predicted molar refractivity (Wildman–Crippen MR) is 63.4 cm³/mol. The van der Waals surface area contributed by atoms with Gasteiger partial charge in [-0.25, -0.2) is 0 Å². The first-order valence-electron chi connectivity index (χ1n) is 5.22. The Labute approximate surface area is 97.5 Å². The van der Waals surface area contributed by atoms with Gasteiger partial charge in [-0.2, -0.15) is 0 Å². The maximum Gasteiger partial charge on any atom is 0.0645 e. The molecule has 0 radical (unpaired) electrons. The molecule has 0 aliphatic carbocycles. The van der Waals surface area contributed by atoms with E-state index in [1.54, 1.807) is 19.3 Å². The van der Waals surface area contributed by atoms with Gasteiger partial charge in [0.05, 0.1) is 45.1 Å². The minimum absolute atomic E-state index is 0.0465. The molecule has 1 N–H and O–H groups in total. The van der Waals surface area contributed by atoms with Gasteiger partial charge in [-0.1, -0.05) is 12.2 Å². The van der Waals surface area contributed by atoms with Gasteiger partial charge in [0.1, 0.15) is 0 Å². The molecule has 0 unspecified atom stereocenters. The van der Waals surface area contributed by atoms with E-state index in [2.05, 4.69) is 13.2 Å². The van der Waals surface area contributed by atoms with Crippen molar-refractivity contribution in [2.75, 3.05) is 46.8 Å². The molecule has 0 spiro atoms. The first-order chi connectivity index (χ1) is 7.74. The van der Waals surface area contributed by atoms with E-state index in [9.17, 15) is 5.11 Å². The zero-order chi connectivity index (χ0) is 12.3. The molecule has 0 fully saturated rings. The van der Waals surface area contributed by atoms with Gasteiger partial charge in [-0.05, 0) is 0 Å². The van der Waals surface area contributed by atoms with Crippen LogP contribution in [0.1, 0.15) is 0 Å². The summed E-state index contributed by atoms with van der Waals surface area (Å²) in [6, 6.07) is 0. The molecule has 94 valence electrons. The molecule has 0 aliphatic heterocycles. The topological polar surface area (TPSA) is 47.9 Å². The van der Waals surface area contributed by atoms with Crippen LogP contribution in [0, 0.1) is 5.41 Å². The third-order valence-corrected chi connectivity index (χ3v) is 2.07. The lowest BCUT2D eigenvalue weighted by molar-refractivity contribution is -0.0773. The van der Waals surface area contributed by atoms with Gasteiger partial charge in [0, 0.05) is 7.11 Å². The fraction of sp³-hybridized carbons (Fsp3) is 0.667. The molecule has 0 aromatic heterocycles. The Morgan fingerprint density at radius 1 is 1.06 bits per heavy atom. The zero-order valence-corrected chi connectivity index (χ0v) is 9.98. The summed E-state index contributed by atoms with van der Waals surface area (Å²) in [6.45, 7) is 9.12. The number of hydrogen-bond acceptors (Lipinski definition) is 4. The monoisotopic (exact) mass is 230 g/mol. The van der Waals surface area contributed by atoms with Crippen molar-refractivity contribution >= 4 is 0 Å². The van der Waals surface area contributed by atoms with E-state index in [4.69, 9.17) is 14.2 Å². The summed E-state index contributed by atoms with van der Waals surface area (Å²) in [5.74, 6) is 0.